The predicted molar refractivity (Wildman–Crippen MR) is 341 cm³/mol. The van der Waals surface area contributed by atoms with Crippen molar-refractivity contribution >= 4 is 57.2 Å². The summed E-state index contributed by atoms with van der Waals surface area (Å²) < 4.78 is 0. The highest BCUT2D eigenvalue weighted by molar-refractivity contribution is 7.00. The molecule has 2 aliphatic heterocycles. The summed E-state index contributed by atoms with van der Waals surface area (Å²) in [6.45, 7) is 28.6. The van der Waals surface area contributed by atoms with Gasteiger partial charge in [-0.3, -0.25) is 0 Å². The van der Waals surface area contributed by atoms with Crippen LogP contribution in [0.2, 0.25) is 0 Å². The van der Waals surface area contributed by atoms with Crippen LogP contribution in [0.5, 0.6) is 0 Å². The van der Waals surface area contributed by atoms with Crippen molar-refractivity contribution in [1.29, 1.82) is 0 Å². The Morgan fingerprint density at radius 1 is 0.354 bits per heavy atom. The first-order valence-electron chi connectivity index (χ1n) is 30.2. The fourth-order valence-electron chi connectivity index (χ4n) is 13.6. The van der Waals surface area contributed by atoms with Crippen LogP contribution in [0.1, 0.15) is 193 Å². The van der Waals surface area contributed by atoms with Crippen molar-refractivity contribution < 1.29 is 0 Å². The van der Waals surface area contributed by atoms with Gasteiger partial charge in [-0.2, -0.15) is 0 Å². The molecule has 0 N–H and O–H groups in total. The smallest absolute Gasteiger partial charge is 0.252 e. The molecule has 0 bridgehead atoms. The van der Waals surface area contributed by atoms with Crippen molar-refractivity contribution in [2.24, 2.45) is 0 Å². The van der Waals surface area contributed by atoms with E-state index in [1.165, 1.54) is 154 Å². The molecule has 3 heterocycles. The number of nitrogens with zero attached hydrogens (tertiary/aromatic N) is 3. The minimum absolute atomic E-state index is 0.00731. The fourth-order valence-corrected chi connectivity index (χ4v) is 13.6. The van der Waals surface area contributed by atoms with E-state index in [9.17, 15) is 0 Å². The second-order valence-corrected chi connectivity index (χ2v) is 28.2. The lowest BCUT2D eigenvalue weighted by molar-refractivity contribution is 0.444. The molecule has 2 aliphatic carbocycles. The standard InChI is InChI=1S/C75H84BN3/c1-72(2,3)57-43-58(73(4,5)6)46-61(45-57)78-67-35-33-53(49-25-17-13-18-26-49)37-63(67)76-64-38-54(50-27-19-14-20-28-50)34-36-68(64)79(62-47-59(74(7,8)9)44-60(48-62)75(10,11)12)70-42-56(41-69(78)71(70)76)66-40-55(51-29-21-15-22-30-51)39-65(77-66)52-31-23-16-24-32-52/h15-16,21-24,29-50H,13-14,17-20,25-28H2,1-12H3. The van der Waals surface area contributed by atoms with E-state index in [1.54, 1.807) is 0 Å². The average molecular weight is 1040 g/mol. The van der Waals surface area contributed by atoms with Crippen LogP contribution in [0.3, 0.4) is 0 Å². The number of hydrogen-bond donors (Lipinski definition) is 0. The Morgan fingerprint density at radius 2 is 0.734 bits per heavy atom. The van der Waals surface area contributed by atoms with Gasteiger partial charge in [0.15, 0.2) is 0 Å². The summed E-state index contributed by atoms with van der Waals surface area (Å²) in [5, 5.41) is 0. The van der Waals surface area contributed by atoms with Gasteiger partial charge in [0.05, 0.1) is 11.4 Å². The maximum absolute atomic E-state index is 5.72. The quantitative estimate of drug-likeness (QED) is 0.148. The van der Waals surface area contributed by atoms with E-state index in [0.29, 0.717) is 11.8 Å². The first-order chi connectivity index (χ1) is 37.7. The van der Waals surface area contributed by atoms with E-state index >= 15 is 0 Å². The molecule has 0 atom stereocenters. The Bertz CT molecular complexity index is 3280. The van der Waals surface area contributed by atoms with E-state index < -0.39 is 0 Å². The molecular formula is C75H84BN3. The second-order valence-electron chi connectivity index (χ2n) is 28.2. The zero-order valence-corrected chi connectivity index (χ0v) is 49.7. The zero-order chi connectivity index (χ0) is 55.2. The van der Waals surface area contributed by atoms with Gasteiger partial charge >= 0.3 is 0 Å². The van der Waals surface area contributed by atoms with Gasteiger partial charge in [-0.05, 0) is 181 Å². The van der Waals surface area contributed by atoms with Gasteiger partial charge in [0.2, 0.25) is 0 Å². The largest absolute Gasteiger partial charge is 0.311 e. The topological polar surface area (TPSA) is 19.4 Å². The first kappa shape index (κ1) is 53.0. The molecule has 8 aromatic rings. The second kappa shape index (κ2) is 20.2. The number of anilines is 6. The normalized spacial score (nSPS) is 16.2. The third-order valence-corrected chi connectivity index (χ3v) is 18.4. The molecule has 7 aromatic carbocycles. The summed E-state index contributed by atoms with van der Waals surface area (Å²) in [5.41, 5.74) is 26.3. The monoisotopic (exact) mass is 1040 g/mol. The van der Waals surface area contributed by atoms with Crippen LogP contribution in [0.25, 0.3) is 33.6 Å². The van der Waals surface area contributed by atoms with Gasteiger partial charge in [-0.1, -0.05) is 219 Å². The Hall–Kier alpha value is -6.65. The van der Waals surface area contributed by atoms with Crippen LogP contribution in [0.4, 0.5) is 34.1 Å². The van der Waals surface area contributed by atoms with Crippen molar-refractivity contribution in [2.75, 3.05) is 9.80 Å². The molecular weight excluding hydrogens is 954 g/mol. The number of rotatable bonds is 7. The van der Waals surface area contributed by atoms with E-state index in [2.05, 4.69) is 251 Å². The first-order valence-corrected chi connectivity index (χ1v) is 30.2. The molecule has 0 radical (unpaired) electrons. The highest BCUT2D eigenvalue weighted by Crippen LogP contribution is 2.50. The lowest BCUT2D eigenvalue weighted by Crippen LogP contribution is -2.61. The number of hydrogen-bond acceptors (Lipinski definition) is 3. The number of fused-ring (bicyclic) bond motifs is 4. The summed E-state index contributed by atoms with van der Waals surface area (Å²) in [6, 6.07) is 61.9. The molecule has 4 heteroatoms. The maximum atomic E-state index is 5.72. The zero-order valence-electron chi connectivity index (χ0n) is 49.7. The Morgan fingerprint density at radius 3 is 1.13 bits per heavy atom. The minimum atomic E-state index is -0.0764. The molecule has 0 amide bonds. The number of aromatic nitrogens is 1. The van der Waals surface area contributed by atoms with E-state index in [-0.39, 0.29) is 28.4 Å². The van der Waals surface area contributed by atoms with Crippen molar-refractivity contribution in [3.63, 3.8) is 0 Å². The Labute approximate surface area is 475 Å². The van der Waals surface area contributed by atoms with Crippen LogP contribution in [0, 0.1) is 0 Å². The fraction of sp³-hybridized carbons (Fsp3) is 0.373. The molecule has 402 valence electrons. The van der Waals surface area contributed by atoms with Crippen LogP contribution >= 0.6 is 0 Å². The molecule has 0 saturated heterocycles. The van der Waals surface area contributed by atoms with Crippen LogP contribution in [-0.2, 0) is 21.7 Å². The minimum Gasteiger partial charge on any atom is -0.311 e. The number of benzene rings is 7. The average Bonchev–Trinajstić information content (AvgIpc) is 2.41. The van der Waals surface area contributed by atoms with Crippen LogP contribution in [-0.4, -0.2) is 11.7 Å². The van der Waals surface area contributed by atoms with Crippen LogP contribution < -0.4 is 26.2 Å². The van der Waals surface area contributed by atoms with Crippen LogP contribution in [0.15, 0.2) is 158 Å². The third-order valence-electron chi connectivity index (χ3n) is 18.4. The summed E-state index contributed by atoms with van der Waals surface area (Å²) >= 11 is 0. The summed E-state index contributed by atoms with van der Waals surface area (Å²) in [4.78, 5) is 11.1. The van der Waals surface area contributed by atoms with Gasteiger partial charge in [-0.25, -0.2) is 4.98 Å². The van der Waals surface area contributed by atoms with Crippen molar-refractivity contribution in [1.82, 2.24) is 4.98 Å². The van der Waals surface area contributed by atoms with E-state index in [4.69, 9.17) is 4.98 Å². The highest BCUT2D eigenvalue weighted by atomic mass is 15.2. The van der Waals surface area contributed by atoms with Gasteiger partial charge in [0.25, 0.3) is 6.71 Å². The highest BCUT2D eigenvalue weighted by Gasteiger charge is 2.45. The molecule has 2 fully saturated rings. The SMILES string of the molecule is CC(C)(C)c1cc(N2c3ccc(C4CCCCC4)cc3B3c4cc(C5CCCCC5)ccc4N(c4cc(C(C)(C)C)cc(C(C)(C)C)c4)c4cc(-c5cc(-c6ccccc6)cc(-c6ccccc6)n5)cc2c43)cc(C(C)(C)C)c1. The molecule has 12 rings (SSSR count). The van der Waals surface area contributed by atoms with Gasteiger partial charge < -0.3 is 9.80 Å². The predicted octanol–water partition coefficient (Wildman–Crippen LogP) is 19.5. The van der Waals surface area contributed by atoms with E-state index in [0.717, 1.165) is 28.1 Å². The molecule has 79 heavy (non-hydrogen) atoms. The third kappa shape index (κ3) is 10.2. The molecule has 0 spiro atoms. The summed E-state index contributed by atoms with van der Waals surface area (Å²) in [6.07, 6.45) is 13.0. The van der Waals surface area contributed by atoms with Gasteiger partial charge in [0.1, 0.15) is 0 Å². The Balaban J connectivity index is 1.23. The van der Waals surface area contributed by atoms with Gasteiger partial charge in [0, 0.05) is 45.3 Å². The molecule has 0 unspecified atom stereocenters. The lowest BCUT2D eigenvalue weighted by Gasteiger charge is -2.45. The van der Waals surface area contributed by atoms with Crippen molar-refractivity contribution in [3.8, 4) is 33.6 Å². The summed E-state index contributed by atoms with van der Waals surface area (Å²) in [5.74, 6) is 1.14. The van der Waals surface area contributed by atoms with Crippen molar-refractivity contribution in [2.45, 2.75) is 181 Å². The van der Waals surface area contributed by atoms with Crippen molar-refractivity contribution in [3.05, 3.63) is 191 Å². The Kier molecular flexibility index (Phi) is 13.5. The lowest BCUT2D eigenvalue weighted by atomic mass is 9.33. The maximum Gasteiger partial charge on any atom is 0.252 e. The molecule has 3 nitrogen and oxygen atoms in total. The van der Waals surface area contributed by atoms with Gasteiger partial charge in [-0.15, -0.1) is 0 Å². The molecule has 4 aliphatic rings. The summed E-state index contributed by atoms with van der Waals surface area (Å²) in [7, 11) is 0. The van der Waals surface area contributed by atoms with E-state index in [1.807, 2.05) is 0 Å². The molecule has 2 saturated carbocycles. The number of pyridine rings is 1. The molecule has 1 aromatic heterocycles.